The molecule has 0 saturated heterocycles. The molecule has 2 nitrogen and oxygen atoms in total. The van der Waals surface area contributed by atoms with Gasteiger partial charge in [0, 0.05) is 5.92 Å². The molecular weight excluding hydrogens is 272 g/mol. The predicted octanol–water partition coefficient (Wildman–Crippen LogP) is 5.32. The van der Waals surface area contributed by atoms with Crippen molar-refractivity contribution in [2.45, 2.75) is 80.3 Å². The van der Waals surface area contributed by atoms with E-state index in [4.69, 9.17) is 0 Å². The van der Waals surface area contributed by atoms with Gasteiger partial charge in [-0.05, 0) is 44.1 Å². The predicted molar refractivity (Wildman–Crippen MR) is 95.8 cm³/mol. The fourth-order valence-corrected chi connectivity index (χ4v) is 3.11. The quantitative estimate of drug-likeness (QED) is 0.438. The third-order valence-electron chi connectivity index (χ3n) is 4.34. The number of aliphatic hydroxyl groups is 1. The Balaban J connectivity index is 4.74. The van der Waals surface area contributed by atoms with Crippen LogP contribution < -0.4 is 0 Å². The minimum Gasteiger partial charge on any atom is -0.392 e. The van der Waals surface area contributed by atoms with Crippen molar-refractivity contribution in [3.8, 4) is 0 Å². The Labute approximate surface area is 137 Å². The van der Waals surface area contributed by atoms with Gasteiger partial charge < -0.3 is 5.11 Å². The Morgan fingerprint density at radius 1 is 1.14 bits per heavy atom. The van der Waals surface area contributed by atoms with E-state index in [1.54, 1.807) is 0 Å². The van der Waals surface area contributed by atoms with Gasteiger partial charge in [-0.3, -0.25) is 4.79 Å². The van der Waals surface area contributed by atoms with E-state index in [0.29, 0.717) is 12.3 Å². The monoisotopic (exact) mass is 308 g/mol. The van der Waals surface area contributed by atoms with Crippen LogP contribution >= 0.6 is 0 Å². The van der Waals surface area contributed by atoms with E-state index in [0.717, 1.165) is 17.1 Å². The standard InChI is InChI=1S/C20H36O2/c1-8-10-14(3)11-15(4)12-16(5)13-17(6)20(22)18(7)19(21)9-2/h12-15,18-19,21H,8-11H2,1-7H3/t14-,15-,18+,19+/m0/s1. The second-order valence-electron chi connectivity index (χ2n) is 6.97. The van der Waals surface area contributed by atoms with E-state index in [1.807, 2.05) is 26.8 Å². The van der Waals surface area contributed by atoms with Crippen molar-refractivity contribution in [2.24, 2.45) is 17.8 Å². The van der Waals surface area contributed by atoms with E-state index in [-0.39, 0.29) is 11.7 Å². The van der Waals surface area contributed by atoms with Crippen LogP contribution in [0, 0.1) is 17.8 Å². The molecule has 128 valence electrons. The Morgan fingerprint density at radius 3 is 2.23 bits per heavy atom. The Kier molecular flexibility index (Phi) is 10.3. The molecule has 0 heterocycles. The number of allylic oxidation sites excluding steroid dienone is 4. The molecule has 0 bridgehead atoms. The first-order valence-corrected chi connectivity index (χ1v) is 8.81. The second-order valence-corrected chi connectivity index (χ2v) is 6.97. The lowest BCUT2D eigenvalue weighted by Gasteiger charge is -2.16. The summed E-state index contributed by atoms with van der Waals surface area (Å²) in [7, 11) is 0. The maximum atomic E-state index is 12.3. The summed E-state index contributed by atoms with van der Waals surface area (Å²) < 4.78 is 0. The van der Waals surface area contributed by atoms with E-state index in [2.05, 4.69) is 33.8 Å². The summed E-state index contributed by atoms with van der Waals surface area (Å²) in [5, 5.41) is 9.81. The fraction of sp³-hybridized carbons (Fsp3) is 0.750. The first-order valence-electron chi connectivity index (χ1n) is 8.81. The van der Waals surface area contributed by atoms with Crippen LogP contribution in [0.25, 0.3) is 0 Å². The smallest absolute Gasteiger partial charge is 0.163 e. The van der Waals surface area contributed by atoms with Gasteiger partial charge in [-0.2, -0.15) is 0 Å². The zero-order valence-corrected chi connectivity index (χ0v) is 15.6. The highest BCUT2D eigenvalue weighted by molar-refractivity contribution is 5.97. The average molecular weight is 309 g/mol. The molecule has 0 aromatic carbocycles. The van der Waals surface area contributed by atoms with Gasteiger partial charge in [0.1, 0.15) is 0 Å². The number of ketones is 1. The van der Waals surface area contributed by atoms with Gasteiger partial charge in [0.15, 0.2) is 5.78 Å². The summed E-state index contributed by atoms with van der Waals surface area (Å²) >= 11 is 0. The first-order chi connectivity index (χ1) is 10.2. The third-order valence-corrected chi connectivity index (χ3v) is 4.34. The molecule has 0 aliphatic heterocycles. The lowest BCUT2D eigenvalue weighted by atomic mass is 9.91. The minimum absolute atomic E-state index is 0.0501. The maximum Gasteiger partial charge on any atom is 0.163 e. The normalized spacial score (nSPS) is 18.7. The molecule has 0 saturated carbocycles. The van der Waals surface area contributed by atoms with Gasteiger partial charge in [-0.25, -0.2) is 0 Å². The van der Waals surface area contributed by atoms with Gasteiger partial charge in [0.05, 0.1) is 6.10 Å². The molecule has 22 heavy (non-hydrogen) atoms. The SMILES string of the molecule is CCC[C@H](C)C[C@H](C)C=C(C)C=C(C)C(=O)[C@H](C)[C@H](O)CC. The van der Waals surface area contributed by atoms with E-state index in [9.17, 15) is 9.90 Å². The van der Waals surface area contributed by atoms with E-state index < -0.39 is 6.10 Å². The van der Waals surface area contributed by atoms with E-state index >= 15 is 0 Å². The molecule has 2 heteroatoms. The van der Waals surface area contributed by atoms with Gasteiger partial charge in [0.25, 0.3) is 0 Å². The van der Waals surface area contributed by atoms with Crippen LogP contribution in [0.5, 0.6) is 0 Å². The molecule has 1 N–H and O–H groups in total. The highest BCUT2D eigenvalue weighted by Crippen LogP contribution is 2.20. The van der Waals surface area contributed by atoms with Crippen LogP contribution in [-0.2, 0) is 4.79 Å². The van der Waals surface area contributed by atoms with Crippen LogP contribution in [0.15, 0.2) is 23.3 Å². The van der Waals surface area contributed by atoms with Crippen molar-refractivity contribution < 1.29 is 9.90 Å². The number of carbonyl (C=O) groups is 1. The van der Waals surface area contributed by atoms with Crippen molar-refractivity contribution in [1.82, 2.24) is 0 Å². The Morgan fingerprint density at radius 2 is 1.73 bits per heavy atom. The minimum atomic E-state index is -0.547. The number of hydrogen-bond acceptors (Lipinski definition) is 2. The summed E-state index contributed by atoms with van der Waals surface area (Å²) in [6.45, 7) is 14.4. The first kappa shape index (κ1) is 21.1. The molecular formula is C20H36O2. The highest BCUT2D eigenvalue weighted by atomic mass is 16.3. The fourth-order valence-electron chi connectivity index (χ4n) is 3.11. The second kappa shape index (κ2) is 10.8. The zero-order valence-electron chi connectivity index (χ0n) is 15.6. The molecule has 0 unspecified atom stereocenters. The maximum absolute atomic E-state index is 12.3. The molecule has 0 fully saturated rings. The molecule has 4 atom stereocenters. The summed E-state index contributed by atoms with van der Waals surface area (Å²) in [6.07, 6.45) is 7.98. The van der Waals surface area contributed by atoms with Crippen LogP contribution in [0.3, 0.4) is 0 Å². The summed E-state index contributed by atoms with van der Waals surface area (Å²) in [6, 6.07) is 0. The number of carbonyl (C=O) groups excluding carboxylic acids is 1. The molecule has 0 aliphatic carbocycles. The molecule has 0 radical (unpaired) electrons. The summed E-state index contributed by atoms with van der Waals surface area (Å²) in [4.78, 5) is 12.3. The summed E-state index contributed by atoms with van der Waals surface area (Å²) in [5.41, 5.74) is 1.88. The summed E-state index contributed by atoms with van der Waals surface area (Å²) in [5.74, 6) is 1.000. The van der Waals surface area contributed by atoms with E-state index in [1.165, 1.54) is 19.3 Å². The van der Waals surface area contributed by atoms with Crippen molar-refractivity contribution in [2.75, 3.05) is 0 Å². The largest absolute Gasteiger partial charge is 0.392 e. The molecule has 0 amide bonds. The van der Waals surface area contributed by atoms with Gasteiger partial charge in [-0.1, -0.05) is 65.2 Å². The van der Waals surface area contributed by atoms with Crippen LogP contribution in [0.4, 0.5) is 0 Å². The zero-order chi connectivity index (χ0) is 17.3. The molecule has 0 spiro atoms. The number of aliphatic hydroxyl groups excluding tert-OH is 1. The van der Waals surface area contributed by atoms with Gasteiger partial charge in [-0.15, -0.1) is 0 Å². The van der Waals surface area contributed by atoms with Gasteiger partial charge >= 0.3 is 0 Å². The lowest BCUT2D eigenvalue weighted by molar-refractivity contribution is -0.121. The number of hydrogen-bond donors (Lipinski definition) is 1. The van der Waals surface area contributed by atoms with Crippen molar-refractivity contribution >= 4 is 5.78 Å². The van der Waals surface area contributed by atoms with Crippen molar-refractivity contribution in [3.05, 3.63) is 23.3 Å². The van der Waals surface area contributed by atoms with Crippen LogP contribution in [0.1, 0.15) is 74.1 Å². The third kappa shape index (κ3) is 7.93. The van der Waals surface area contributed by atoms with Crippen LogP contribution in [-0.4, -0.2) is 17.0 Å². The molecule has 0 aliphatic rings. The molecule has 0 aromatic heterocycles. The number of Topliss-reactive ketones (excluding diaryl/α,β-unsaturated/α-hetero) is 1. The van der Waals surface area contributed by atoms with Crippen LogP contribution in [0.2, 0.25) is 0 Å². The Hall–Kier alpha value is -0.890. The van der Waals surface area contributed by atoms with Crippen molar-refractivity contribution in [3.63, 3.8) is 0 Å². The number of rotatable bonds is 10. The topological polar surface area (TPSA) is 37.3 Å². The molecule has 0 rings (SSSR count). The lowest BCUT2D eigenvalue weighted by Crippen LogP contribution is -2.25. The highest BCUT2D eigenvalue weighted by Gasteiger charge is 2.21. The Bertz CT molecular complexity index is 393. The molecule has 0 aromatic rings. The van der Waals surface area contributed by atoms with Crippen molar-refractivity contribution in [1.29, 1.82) is 0 Å². The van der Waals surface area contributed by atoms with Gasteiger partial charge in [0.2, 0.25) is 0 Å². The average Bonchev–Trinajstić information content (AvgIpc) is 2.44.